The monoisotopic (exact) mass is 232 g/mol. The van der Waals surface area contributed by atoms with Crippen LogP contribution in [-0.2, 0) is 10.0 Å². The lowest BCUT2D eigenvalue weighted by Gasteiger charge is -2.33. The van der Waals surface area contributed by atoms with Gasteiger partial charge in [0.15, 0.2) is 5.25 Å². The Bertz CT molecular complexity index is 360. The number of nitriles is 1. The van der Waals surface area contributed by atoms with E-state index < -0.39 is 21.4 Å². The zero-order valence-corrected chi connectivity index (χ0v) is 9.74. The molecule has 1 rings (SSSR count). The molecule has 0 saturated carbocycles. The highest BCUT2D eigenvalue weighted by atomic mass is 32.2. The fraction of sp³-hybridized carbons (Fsp3) is 0.889. The highest BCUT2D eigenvalue weighted by Crippen LogP contribution is 2.21. The van der Waals surface area contributed by atoms with E-state index in [1.807, 2.05) is 6.92 Å². The van der Waals surface area contributed by atoms with Crippen LogP contribution >= 0.6 is 0 Å². The SMILES string of the molecule is CC1CCN(S(=O)(=O)C(C)C#N)CC1O. The van der Waals surface area contributed by atoms with E-state index in [0.717, 1.165) is 0 Å². The standard InChI is InChI=1S/C9H16N2O3S/c1-7-3-4-11(6-9(7)12)15(13,14)8(2)5-10/h7-9,12H,3-4,6H2,1-2H3. The van der Waals surface area contributed by atoms with Gasteiger partial charge in [0.05, 0.1) is 12.2 Å². The molecule has 1 aliphatic heterocycles. The van der Waals surface area contributed by atoms with E-state index in [-0.39, 0.29) is 12.5 Å². The molecule has 1 saturated heterocycles. The molecule has 3 atom stereocenters. The predicted octanol–water partition coefficient (Wildman–Crippen LogP) is -0.0690. The van der Waals surface area contributed by atoms with Crippen molar-refractivity contribution in [3.63, 3.8) is 0 Å². The number of aliphatic hydroxyl groups is 1. The fourth-order valence-electron chi connectivity index (χ4n) is 1.54. The molecule has 86 valence electrons. The van der Waals surface area contributed by atoms with Crippen molar-refractivity contribution in [2.24, 2.45) is 5.92 Å². The van der Waals surface area contributed by atoms with Crippen molar-refractivity contribution in [2.75, 3.05) is 13.1 Å². The number of aliphatic hydroxyl groups excluding tert-OH is 1. The number of hydrogen-bond donors (Lipinski definition) is 1. The molecule has 1 heterocycles. The Morgan fingerprint density at radius 2 is 2.20 bits per heavy atom. The second-order valence-electron chi connectivity index (χ2n) is 4.01. The van der Waals surface area contributed by atoms with Crippen molar-refractivity contribution in [3.05, 3.63) is 0 Å². The highest BCUT2D eigenvalue weighted by molar-refractivity contribution is 7.89. The molecule has 15 heavy (non-hydrogen) atoms. The third-order valence-corrected chi connectivity index (χ3v) is 4.92. The molecule has 0 aromatic carbocycles. The van der Waals surface area contributed by atoms with Gasteiger partial charge < -0.3 is 5.11 Å². The Kier molecular flexibility index (Phi) is 3.71. The largest absolute Gasteiger partial charge is 0.391 e. The molecule has 0 aromatic heterocycles. The van der Waals surface area contributed by atoms with Crippen molar-refractivity contribution in [3.8, 4) is 6.07 Å². The number of rotatable bonds is 2. The van der Waals surface area contributed by atoms with Gasteiger partial charge in [-0.2, -0.15) is 9.57 Å². The predicted molar refractivity (Wildman–Crippen MR) is 55.4 cm³/mol. The quantitative estimate of drug-likeness (QED) is 0.722. The summed E-state index contributed by atoms with van der Waals surface area (Å²) in [4.78, 5) is 0. The molecule has 0 aliphatic carbocycles. The molecule has 5 nitrogen and oxygen atoms in total. The average molecular weight is 232 g/mol. The molecule has 0 amide bonds. The van der Waals surface area contributed by atoms with Crippen LogP contribution in [0.2, 0.25) is 0 Å². The maximum atomic E-state index is 11.8. The molecule has 0 aromatic rings. The van der Waals surface area contributed by atoms with Gasteiger partial charge in [-0.1, -0.05) is 6.92 Å². The smallest absolute Gasteiger partial charge is 0.230 e. The Morgan fingerprint density at radius 1 is 1.60 bits per heavy atom. The first kappa shape index (κ1) is 12.4. The number of piperidine rings is 1. The Hall–Kier alpha value is -0.640. The van der Waals surface area contributed by atoms with Crippen LogP contribution in [0.1, 0.15) is 20.3 Å². The minimum atomic E-state index is -3.56. The van der Waals surface area contributed by atoms with Crippen LogP contribution < -0.4 is 0 Å². The summed E-state index contributed by atoms with van der Waals surface area (Å²) in [6, 6.07) is 1.72. The molecular formula is C9H16N2O3S. The molecule has 0 spiro atoms. The minimum Gasteiger partial charge on any atom is -0.391 e. The first-order valence-corrected chi connectivity index (χ1v) is 6.46. The summed E-state index contributed by atoms with van der Waals surface area (Å²) in [6.07, 6.45) is 0.0119. The molecule has 0 radical (unpaired) electrons. The van der Waals surface area contributed by atoms with Gasteiger partial charge in [0.25, 0.3) is 0 Å². The minimum absolute atomic E-state index is 0.107. The summed E-state index contributed by atoms with van der Waals surface area (Å²) in [5.41, 5.74) is 0. The van der Waals surface area contributed by atoms with E-state index in [9.17, 15) is 13.5 Å². The summed E-state index contributed by atoms with van der Waals surface area (Å²) in [5, 5.41) is 17.1. The fourth-order valence-corrected chi connectivity index (χ4v) is 2.84. The second-order valence-corrected chi connectivity index (χ2v) is 6.26. The Balaban J connectivity index is 2.79. The van der Waals surface area contributed by atoms with E-state index in [1.54, 1.807) is 6.07 Å². The average Bonchev–Trinajstić information content (AvgIpc) is 2.20. The molecule has 1 aliphatic rings. The molecule has 3 unspecified atom stereocenters. The molecule has 1 fully saturated rings. The summed E-state index contributed by atoms with van der Waals surface area (Å²) >= 11 is 0. The lowest BCUT2D eigenvalue weighted by molar-refractivity contribution is 0.0604. The van der Waals surface area contributed by atoms with Crippen molar-refractivity contribution >= 4 is 10.0 Å². The summed E-state index contributed by atoms with van der Waals surface area (Å²) in [6.45, 7) is 3.75. The van der Waals surface area contributed by atoms with E-state index >= 15 is 0 Å². The maximum Gasteiger partial charge on any atom is 0.230 e. The van der Waals surface area contributed by atoms with Crippen molar-refractivity contribution in [2.45, 2.75) is 31.6 Å². The zero-order chi connectivity index (χ0) is 11.6. The number of nitrogens with zero attached hydrogens (tertiary/aromatic N) is 2. The van der Waals surface area contributed by atoms with Crippen molar-refractivity contribution in [1.82, 2.24) is 4.31 Å². The van der Waals surface area contributed by atoms with Crippen LogP contribution in [0, 0.1) is 17.2 Å². The van der Waals surface area contributed by atoms with Crippen molar-refractivity contribution in [1.29, 1.82) is 5.26 Å². The van der Waals surface area contributed by atoms with Gasteiger partial charge in [0.2, 0.25) is 10.0 Å². The van der Waals surface area contributed by atoms with E-state index in [1.165, 1.54) is 11.2 Å². The summed E-state index contributed by atoms with van der Waals surface area (Å²) in [7, 11) is -3.56. The van der Waals surface area contributed by atoms with E-state index in [0.29, 0.717) is 13.0 Å². The van der Waals surface area contributed by atoms with Gasteiger partial charge >= 0.3 is 0 Å². The van der Waals surface area contributed by atoms with Gasteiger partial charge in [-0.05, 0) is 19.3 Å². The first-order valence-electron chi connectivity index (χ1n) is 4.96. The number of sulfonamides is 1. The van der Waals surface area contributed by atoms with Crippen LogP contribution in [0.5, 0.6) is 0 Å². The van der Waals surface area contributed by atoms with Gasteiger partial charge in [-0.15, -0.1) is 0 Å². The Morgan fingerprint density at radius 3 is 2.67 bits per heavy atom. The van der Waals surface area contributed by atoms with Gasteiger partial charge in [-0.25, -0.2) is 8.42 Å². The van der Waals surface area contributed by atoms with Gasteiger partial charge in [0.1, 0.15) is 0 Å². The topological polar surface area (TPSA) is 81.4 Å². The summed E-state index contributed by atoms with van der Waals surface area (Å²) in [5.74, 6) is 0.119. The summed E-state index contributed by atoms with van der Waals surface area (Å²) < 4.78 is 24.7. The normalized spacial score (nSPS) is 30.8. The molecule has 1 N–H and O–H groups in total. The van der Waals surface area contributed by atoms with Crippen LogP contribution in [0.4, 0.5) is 0 Å². The number of β-amino-alcohol motifs (C(OH)–C–C–N with tert-alkyl or cyclic N) is 1. The zero-order valence-electron chi connectivity index (χ0n) is 8.92. The molecule has 6 heteroatoms. The third-order valence-electron chi connectivity index (χ3n) is 2.87. The number of hydrogen-bond acceptors (Lipinski definition) is 4. The van der Waals surface area contributed by atoms with Gasteiger partial charge in [0, 0.05) is 13.1 Å². The van der Waals surface area contributed by atoms with Crippen LogP contribution in [0.15, 0.2) is 0 Å². The lowest BCUT2D eigenvalue weighted by atomic mass is 9.98. The lowest BCUT2D eigenvalue weighted by Crippen LogP contribution is -2.48. The molecule has 0 bridgehead atoms. The first-order chi connectivity index (χ1) is 6.89. The van der Waals surface area contributed by atoms with Gasteiger partial charge in [-0.3, -0.25) is 0 Å². The maximum absolute atomic E-state index is 11.8. The van der Waals surface area contributed by atoms with Crippen LogP contribution in [-0.4, -0.2) is 42.3 Å². The molecular weight excluding hydrogens is 216 g/mol. The highest BCUT2D eigenvalue weighted by Gasteiger charge is 2.34. The van der Waals surface area contributed by atoms with Crippen molar-refractivity contribution < 1.29 is 13.5 Å². The third kappa shape index (κ3) is 2.48. The van der Waals surface area contributed by atoms with Crippen LogP contribution in [0.25, 0.3) is 0 Å². The Labute approximate surface area is 90.4 Å². The van der Waals surface area contributed by atoms with E-state index in [2.05, 4.69) is 0 Å². The van der Waals surface area contributed by atoms with Crippen LogP contribution in [0.3, 0.4) is 0 Å². The van der Waals surface area contributed by atoms with E-state index in [4.69, 9.17) is 5.26 Å². The second kappa shape index (κ2) is 4.47.